The summed E-state index contributed by atoms with van der Waals surface area (Å²) >= 11 is 0. The van der Waals surface area contributed by atoms with Gasteiger partial charge in [-0.2, -0.15) is 0 Å². The lowest BCUT2D eigenvalue weighted by molar-refractivity contribution is 0.0785. The van der Waals surface area contributed by atoms with Crippen LogP contribution in [0.3, 0.4) is 0 Å². The topological polar surface area (TPSA) is 84.8 Å². The van der Waals surface area contributed by atoms with E-state index in [1.807, 2.05) is 36.1 Å². The molecule has 0 aliphatic carbocycles. The van der Waals surface area contributed by atoms with E-state index in [4.69, 9.17) is 0 Å². The molecule has 0 radical (unpaired) electrons. The molecule has 1 saturated heterocycles. The SMILES string of the molecule is Cc1c(C(=O)N2CCC(c3cc(=O)[nH][nH]3)C2)[nH]c2ccccc12. The summed E-state index contributed by atoms with van der Waals surface area (Å²) < 4.78 is 0. The maximum atomic E-state index is 12.8. The fourth-order valence-electron chi connectivity index (χ4n) is 3.42. The summed E-state index contributed by atoms with van der Waals surface area (Å²) in [5, 5.41) is 6.54. The minimum absolute atomic E-state index is 0.0269. The lowest BCUT2D eigenvalue weighted by Gasteiger charge is -2.16. The molecule has 1 atom stereocenters. The number of rotatable bonds is 2. The maximum absolute atomic E-state index is 12.8. The van der Waals surface area contributed by atoms with Crippen molar-refractivity contribution in [1.29, 1.82) is 0 Å². The standard InChI is InChI=1S/C17H18N4O2/c1-10-12-4-2-3-5-13(12)18-16(10)17(23)21-7-6-11(9-21)14-8-15(22)20-19-14/h2-5,8,11,18H,6-7,9H2,1H3,(H2,19,20,22). The van der Waals surface area contributed by atoms with Crippen LogP contribution in [0.15, 0.2) is 35.1 Å². The fraction of sp³-hybridized carbons (Fsp3) is 0.294. The molecule has 3 aromatic rings. The fourth-order valence-corrected chi connectivity index (χ4v) is 3.42. The molecule has 3 N–H and O–H groups in total. The van der Waals surface area contributed by atoms with Crippen LogP contribution >= 0.6 is 0 Å². The molecule has 6 nitrogen and oxygen atoms in total. The Morgan fingerprint density at radius 1 is 1.26 bits per heavy atom. The number of carbonyl (C=O) groups excluding carboxylic acids is 1. The van der Waals surface area contributed by atoms with Crippen LogP contribution in [0.4, 0.5) is 0 Å². The number of hydrogen-bond acceptors (Lipinski definition) is 2. The third-order valence-electron chi connectivity index (χ3n) is 4.71. The summed E-state index contributed by atoms with van der Waals surface area (Å²) in [5.74, 6) is 0.210. The number of nitrogens with one attached hydrogen (secondary N) is 3. The van der Waals surface area contributed by atoms with Gasteiger partial charge in [0.2, 0.25) is 0 Å². The zero-order valence-corrected chi connectivity index (χ0v) is 12.8. The monoisotopic (exact) mass is 310 g/mol. The van der Waals surface area contributed by atoms with Gasteiger partial charge in [-0.25, -0.2) is 0 Å². The molecule has 1 amide bonds. The summed E-state index contributed by atoms with van der Waals surface area (Å²) in [6.07, 6.45) is 0.860. The Morgan fingerprint density at radius 3 is 2.83 bits per heavy atom. The first-order valence-corrected chi connectivity index (χ1v) is 7.77. The summed E-state index contributed by atoms with van der Waals surface area (Å²) in [6.45, 7) is 3.30. The van der Waals surface area contributed by atoms with Gasteiger partial charge >= 0.3 is 0 Å². The minimum atomic E-state index is -0.128. The van der Waals surface area contributed by atoms with Crippen molar-refractivity contribution < 1.29 is 4.79 Å². The molecule has 1 unspecified atom stereocenters. The molecule has 0 bridgehead atoms. The summed E-state index contributed by atoms with van der Waals surface area (Å²) in [4.78, 5) is 29.2. The second-order valence-electron chi connectivity index (χ2n) is 6.12. The van der Waals surface area contributed by atoms with E-state index < -0.39 is 0 Å². The van der Waals surface area contributed by atoms with E-state index in [0.717, 1.165) is 28.6 Å². The molecule has 1 aromatic carbocycles. The lowest BCUT2D eigenvalue weighted by atomic mass is 10.1. The predicted octanol–water partition coefficient (Wildman–Crippen LogP) is 2.12. The van der Waals surface area contributed by atoms with E-state index in [0.29, 0.717) is 18.8 Å². The zero-order chi connectivity index (χ0) is 16.0. The van der Waals surface area contributed by atoms with E-state index in [1.54, 1.807) is 6.07 Å². The number of likely N-dealkylation sites (tertiary alicyclic amines) is 1. The first-order chi connectivity index (χ1) is 11.1. The van der Waals surface area contributed by atoms with E-state index >= 15 is 0 Å². The number of carbonyl (C=O) groups is 1. The largest absolute Gasteiger partial charge is 0.350 e. The van der Waals surface area contributed by atoms with Crippen molar-refractivity contribution in [3.05, 3.63) is 57.6 Å². The Hall–Kier alpha value is -2.76. The normalized spacial score (nSPS) is 18.0. The highest BCUT2D eigenvalue weighted by Gasteiger charge is 2.30. The van der Waals surface area contributed by atoms with Crippen LogP contribution < -0.4 is 5.56 Å². The molecule has 0 spiro atoms. The molecule has 2 aromatic heterocycles. The van der Waals surface area contributed by atoms with Crippen LogP contribution in [0.5, 0.6) is 0 Å². The third-order valence-corrected chi connectivity index (χ3v) is 4.71. The lowest BCUT2D eigenvalue weighted by Crippen LogP contribution is -2.29. The first kappa shape index (κ1) is 13.9. The second kappa shape index (κ2) is 5.15. The number of H-pyrrole nitrogens is 3. The van der Waals surface area contributed by atoms with Crippen molar-refractivity contribution in [1.82, 2.24) is 20.1 Å². The highest BCUT2D eigenvalue weighted by Crippen LogP contribution is 2.28. The van der Waals surface area contributed by atoms with Gasteiger partial charge in [0.05, 0.1) is 0 Å². The Morgan fingerprint density at radius 2 is 2.09 bits per heavy atom. The predicted molar refractivity (Wildman–Crippen MR) is 87.7 cm³/mol. The molecule has 23 heavy (non-hydrogen) atoms. The van der Waals surface area contributed by atoms with Gasteiger partial charge in [-0.3, -0.25) is 14.7 Å². The Balaban J connectivity index is 1.59. The average molecular weight is 310 g/mol. The van der Waals surface area contributed by atoms with Gasteiger partial charge in [-0.05, 0) is 25.0 Å². The molecule has 3 heterocycles. The molecule has 118 valence electrons. The molecule has 1 aliphatic rings. The van der Waals surface area contributed by atoms with Crippen molar-refractivity contribution >= 4 is 16.8 Å². The Kier molecular flexibility index (Phi) is 3.11. The Labute approximate surface area is 132 Å². The van der Waals surface area contributed by atoms with Crippen LogP contribution in [-0.4, -0.2) is 39.1 Å². The smallest absolute Gasteiger partial charge is 0.270 e. The average Bonchev–Trinajstić information content (AvgIpc) is 3.26. The number of fused-ring (bicyclic) bond motifs is 1. The number of benzene rings is 1. The number of aryl methyl sites for hydroxylation is 1. The molecule has 1 aliphatic heterocycles. The van der Waals surface area contributed by atoms with Gasteiger partial charge in [0, 0.05) is 41.7 Å². The molecule has 1 fully saturated rings. The molecule has 6 heteroatoms. The summed E-state index contributed by atoms with van der Waals surface area (Å²) in [6, 6.07) is 9.52. The van der Waals surface area contributed by atoms with Crippen LogP contribution in [0.2, 0.25) is 0 Å². The van der Waals surface area contributed by atoms with Crippen LogP contribution in [0.1, 0.15) is 34.1 Å². The number of nitrogens with zero attached hydrogens (tertiary/aromatic N) is 1. The van der Waals surface area contributed by atoms with Gasteiger partial charge in [0.25, 0.3) is 11.5 Å². The van der Waals surface area contributed by atoms with Crippen LogP contribution in [-0.2, 0) is 0 Å². The number of aromatic amines is 3. The van der Waals surface area contributed by atoms with Crippen molar-refractivity contribution in [2.24, 2.45) is 0 Å². The Bertz CT molecular complexity index is 933. The molecular formula is C17H18N4O2. The highest BCUT2D eigenvalue weighted by molar-refractivity contribution is 6.01. The number of amides is 1. The van der Waals surface area contributed by atoms with Gasteiger partial charge in [-0.15, -0.1) is 0 Å². The van der Waals surface area contributed by atoms with E-state index in [9.17, 15) is 9.59 Å². The van der Waals surface area contributed by atoms with Gasteiger partial charge in [0.1, 0.15) is 5.69 Å². The zero-order valence-electron chi connectivity index (χ0n) is 12.8. The number of para-hydroxylation sites is 1. The van der Waals surface area contributed by atoms with E-state index in [1.165, 1.54) is 0 Å². The minimum Gasteiger partial charge on any atom is -0.350 e. The van der Waals surface area contributed by atoms with Gasteiger partial charge < -0.3 is 15.0 Å². The highest BCUT2D eigenvalue weighted by atomic mass is 16.2. The van der Waals surface area contributed by atoms with Crippen molar-refractivity contribution in [2.45, 2.75) is 19.3 Å². The molecular weight excluding hydrogens is 292 g/mol. The summed E-state index contributed by atoms with van der Waals surface area (Å²) in [7, 11) is 0. The molecule has 4 rings (SSSR count). The van der Waals surface area contributed by atoms with Crippen molar-refractivity contribution in [2.75, 3.05) is 13.1 Å². The maximum Gasteiger partial charge on any atom is 0.270 e. The molecule has 0 saturated carbocycles. The van der Waals surface area contributed by atoms with Gasteiger partial charge in [0.15, 0.2) is 0 Å². The third kappa shape index (κ3) is 2.27. The van der Waals surface area contributed by atoms with E-state index in [-0.39, 0.29) is 17.4 Å². The number of hydrogen-bond donors (Lipinski definition) is 3. The van der Waals surface area contributed by atoms with Crippen molar-refractivity contribution in [3.63, 3.8) is 0 Å². The van der Waals surface area contributed by atoms with E-state index in [2.05, 4.69) is 15.2 Å². The number of aromatic nitrogens is 3. The quantitative estimate of drug-likeness (QED) is 0.677. The van der Waals surface area contributed by atoms with Gasteiger partial charge in [-0.1, -0.05) is 18.2 Å². The van der Waals surface area contributed by atoms with Crippen LogP contribution in [0.25, 0.3) is 10.9 Å². The summed E-state index contributed by atoms with van der Waals surface area (Å²) in [5.41, 5.74) is 3.38. The second-order valence-corrected chi connectivity index (χ2v) is 6.12. The van der Waals surface area contributed by atoms with Crippen LogP contribution in [0, 0.1) is 6.92 Å². The van der Waals surface area contributed by atoms with Crippen molar-refractivity contribution in [3.8, 4) is 0 Å². The first-order valence-electron chi connectivity index (χ1n) is 7.77.